The van der Waals surface area contributed by atoms with Crippen LogP contribution >= 0.6 is 0 Å². The van der Waals surface area contributed by atoms with E-state index in [1.165, 1.54) is 11.3 Å². The fourth-order valence-electron chi connectivity index (χ4n) is 3.21. The number of fused-ring (bicyclic) bond motifs is 1. The highest BCUT2D eigenvalue weighted by molar-refractivity contribution is 5.31. The zero-order valence-electron chi connectivity index (χ0n) is 14.2. The number of hydrogen-bond acceptors (Lipinski definition) is 5. The van der Waals surface area contributed by atoms with E-state index in [0.717, 1.165) is 37.3 Å². The molecule has 3 aromatic rings. The summed E-state index contributed by atoms with van der Waals surface area (Å²) >= 11 is 0. The van der Waals surface area contributed by atoms with Gasteiger partial charge in [0.1, 0.15) is 5.75 Å². The minimum atomic E-state index is 0.435. The molecule has 4 rings (SSSR count). The van der Waals surface area contributed by atoms with E-state index in [4.69, 9.17) is 4.74 Å². The van der Waals surface area contributed by atoms with Crippen LogP contribution in [0.2, 0.25) is 0 Å². The lowest BCUT2D eigenvalue weighted by molar-refractivity contribution is 0.443. The van der Waals surface area contributed by atoms with Crippen molar-refractivity contribution in [1.82, 2.24) is 25.3 Å². The van der Waals surface area contributed by atoms with Crippen LogP contribution < -0.4 is 10.1 Å². The van der Waals surface area contributed by atoms with Crippen molar-refractivity contribution in [3.8, 4) is 11.6 Å². The molecular formula is C19H21N5O. The SMILES string of the molecule is Cn1nnc2c1CCC(NCc1cccc(Oc3ccccn3)c1)C2. The monoisotopic (exact) mass is 335 g/mol. The first-order valence-electron chi connectivity index (χ1n) is 8.56. The standard InChI is InChI=1S/C19H21N5O/c1-24-18-9-8-15(12-17(18)22-23-24)21-13-14-5-4-6-16(11-14)25-19-7-2-3-10-20-19/h2-7,10-11,15,21H,8-9,12-13H2,1H3. The van der Waals surface area contributed by atoms with Gasteiger partial charge in [0, 0.05) is 38.3 Å². The Morgan fingerprint density at radius 2 is 2.20 bits per heavy atom. The quantitative estimate of drug-likeness (QED) is 0.776. The van der Waals surface area contributed by atoms with E-state index in [1.807, 2.05) is 42.1 Å². The Bertz CT molecular complexity index is 846. The van der Waals surface area contributed by atoms with Gasteiger partial charge in [0.05, 0.1) is 11.4 Å². The summed E-state index contributed by atoms with van der Waals surface area (Å²) in [5.74, 6) is 1.41. The number of pyridine rings is 1. The molecule has 0 saturated carbocycles. The molecule has 1 aromatic carbocycles. The first kappa shape index (κ1) is 15.8. The Hall–Kier alpha value is -2.73. The van der Waals surface area contributed by atoms with Crippen molar-refractivity contribution in [2.75, 3.05) is 0 Å². The van der Waals surface area contributed by atoms with Gasteiger partial charge in [0.2, 0.25) is 5.88 Å². The maximum atomic E-state index is 5.80. The summed E-state index contributed by atoms with van der Waals surface area (Å²) in [6.07, 6.45) is 4.80. The molecule has 0 amide bonds. The van der Waals surface area contributed by atoms with E-state index in [-0.39, 0.29) is 0 Å². The minimum absolute atomic E-state index is 0.435. The number of hydrogen-bond donors (Lipinski definition) is 1. The lowest BCUT2D eigenvalue weighted by Gasteiger charge is -2.22. The van der Waals surface area contributed by atoms with Crippen LogP contribution in [0.25, 0.3) is 0 Å². The third-order valence-electron chi connectivity index (χ3n) is 4.55. The number of aryl methyl sites for hydroxylation is 1. The van der Waals surface area contributed by atoms with E-state index in [1.54, 1.807) is 6.20 Å². The lowest BCUT2D eigenvalue weighted by Crippen LogP contribution is -2.34. The first-order valence-corrected chi connectivity index (χ1v) is 8.56. The van der Waals surface area contributed by atoms with Crippen molar-refractivity contribution in [3.63, 3.8) is 0 Å². The molecule has 0 spiro atoms. The average Bonchev–Trinajstić information content (AvgIpc) is 3.02. The van der Waals surface area contributed by atoms with Crippen molar-refractivity contribution in [2.24, 2.45) is 7.05 Å². The number of rotatable bonds is 5. The van der Waals surface area contributed by atoms with E-state index in [0.29, 0.717) is 11.9 Å². The highest BCUT2D eigenvalue weighted by Gasteiger charge is 2.22. The maximum absolute atomic E-state index is 5.80. The van der Waals surface area contributed by atoms with Crippen molar-refractivity contribution in [2.45, 2.75) is 31.8 Å². The first-order chi connectivity index (χ1) is 12.3. The smallest absolute Gasteiger partial charge is 0.219 e. The molecule has 0 saturated heterocycles. The number of benzene rings is 1. The summed E-state index contributed by atoms with van der Waals surface area (Å²) in [5, 5.41) is 12.0. The zero-order chi connectivity index (χ0) is 17.1. The molecule has 0 bridgehead atoms. The Morgan fingerprint density at radius 1 is 1.24 bits per heavy atom. The van der Waals surface area contributed by atoms with Crippen molar-refractivity contribution in [1.29, 1.82) is 0 Å². The Balaban J connectivity index is 1.36. The normalized spacial score (nSPS) is 16.4. The van der Waals surface area contributed by atoms with Crippen LogP contribution in [0.1, 0.15) is 23.4 Å². The predicted octanol–water partition coefficient (Wildman–Crippen LogP) is 2.65. The predicted molar refractivity (Wildman–Crippen MR) is 94.4 cm³/mol. The molecule has 1 aliphatic carbocycles. The van der Waals surface area contributed by atoms with Crippen LogP contribution in [0, 0.1) is 0 Å². The maximum Gasteiger partial charge on any atom is 0.219 e. The third kappa shape index (κ3) is 3.69. The van der Waals surface area contributed by atoms with Crippen molar-refractivity contribution in [3.05, 3.63) is 65.6 Å². The van der Waals surface area contributed by atoms with Gasteiger partial charge in [-0.2, -0.15) is 0 Å². The van der Waals surface area contributed by atoms with E-state index in [2.05, 4.69) is 32.7 Å². The van der Waals surface area contributed by atoms with Crippen LogP contribution in [-0.4, -0.2) is 26.0 Å². The molecule has 1 N–H and O–H groups in total. The van der Waals surface area contributed by atoms with Crippen molar-refractivity contribution >= 4 is 0 Å². The summed E-state index contributed by atoms with van der Waals surface area (Å²) in [4.78, 5) is 4.19. The highest BCUT2D eigenvalue weighted by Crippen LogP contribution is 2.21. The Kier molecular flexibility index (Phi) is 4.43. The Morgan fingerprint density at radius 3 is 3.08 bits per heavy atom. The number of nitrogens with zero attached hydrogens (tertiary/aromatic N) is 4. The molecule has 6 heteroatoms. The summed E-state index contributed by atoms with van der Waals surface area (Å²) < 4.78 is 7.69. The van der Waals surface area contributed by atoms with Crippen LogP contribution in [-0.2, 0) is 26.4 Å². The second-order valence-corrected chi connectivity index (χ2v) is 6.34. The minimum Gasteiger partial charge on any atom is -0.439 e. The molecule has 2 heterocycles. The molecule has 0 fully saturated rings. The fourth-order valence-corrected chi connectivity index (χ4v) is 3.21. The van der Waals surface area contributed by atoms with Gasteiger partial charge in [-0.25, -0.2) is 4.98 Å². The number of nitrogens with one attached hydrogen (secondary N) is 1. The van der Waals surface area contributed by atoms with Gasteiger partial charge in [-0.1, -0.05) is 23.4 Å². The molecule has 25 heavy (non-hydrogen) atoms. The zero-order valence-corrected chi connectivity index (χ0v) is 14.2. The third-order valence-corrected chi connectivity index (χ3v) is 4.55. The highest BCUT2D eigenvalue weighted by atomic mass is 16.5. The van der Waals surface area contributed by atoms with Crippen LogP contribution in [0.15, 0.2) is 48.7 Å². The van der Waals surface area contributed by atoms with Crippen LogP contribution in [0.5, 0.6) is 11.6 Å². The molecule has 1 aliphatic rings. The van der Waals surface area contributed by atoms with E-state index in [9.17, 15) is 0 Å². The second kappa shape index (κ2) is 7.03. The lowest BCUT2D eigenvalue weighted by atomic mass is 9.95. The molecule has 128 valence electrons. The molecule has 1 atom stereocenters. The molecule has 0 aliphatic heterocycles. The van der Waals surface area contributed by atoms with Gasteiger partial charge < -0.3 is 10.1 Å². The Labute approximate surface area is 146 Å². The molecular weight excluding hydrogens is 314 g/mol. The molecule has 1 unspecified atom stereocenters. The summed E-state index contributed by atoms with van der Waals surface area (Å²) in [6, 6.07) is 14.2. The summed E-state index contributed by atoms with van der Waals surface area (Å²) in [5.41, 5.74) is 3.58. The molecule has 0 radical (unpaired) electrons. The van der Waals surface area contributed by atoms with Crippen molar-refractivity contribution < 1.29 is 4.74 Å². The topological polar surface area (TPSA) is 64.9 Å². The molecule has 6 nitrogen and oxygen atoms in total. The van der Waals surface area contributed by atoms with Gasteiger partial charge in [-0.05, 0) is 36.6 Å². The molecule has 2 aromatic heterocycles. The van der Waals surface area contributed by atoms with Crippen LogP contribution in [0.3, 0.4) is 0 Å². The fraction of sp³-hybridized carbons (Fsp3) is 0.316. The number of aromatic nitrogens is 4. The van der Waals surface area contributed by atoms with Crippen LogP contribution in [0.4, 0.5) is 0 Å². The van der Waals surface area contributed by atoms with Gasteiger partial charge >= 0.3 is 0 Å². The van der Waals surface area contributed by atoms with Gasteiger partial charge in [-0.15, -0.1) is 5.10 Å². The largest absolute Gasteiger partial charge is 0.439 e. The average molecular weight is 335 g/mol. The van der Waals surface area contributed by atoms with Gasteiger partial charge in [0.25, 0.3) is 0 Å². The van der Waals surface area contributed by atoms with E-state index >= 15 is 0 Å². The summed E-state index contributed by atoms with van der Waals surface area (Å²) in [7, 11) is 1.96. The second-order valence-electron chi connectivity index (χ2n) is 6.34. The number of ether oxygens (including phenoxy) is 1. The van der Waals surface area contributed by atoms with E-state index < -0.39 is 0 Å². The summed E-state index contributed by atoms with van der Waals surface area (Å²) in [6.45, 7) is 0.805. The van der Waals surface area contributed by atoms with Gasteiger partial charge in [-0.3, -0.25) is 4.68 Å². The van der Waals surface area contributed by atoms with Gasteiger partial charge in [0.15, 0.2) is 0 Å².